The second-order valence-corrected chi connectivity index (χ2v) is 2.81. The number of hydrogen-bond donors (Lipinski definition) is 3. The van der Waals surface area contributed by atoms with E-state index in [-0.39, 0.29) is 6.61 Å². The van der Waals surface area contributed by atoms with Crippen LogP contribution in [0.2, 0.25) is 0 Å². The summed E-state index contributed by atoms with van der Waals surface area (Å²) in [5.74, 6) is 0. The molecule has 0 aromatic heterocycles. The van der Waals surface area contributed by atoms with Crippen LogP contribution in [0.5, 0.6) is 0 Å². The number of ether oxygens (including phenoxy) is 1. The fourth-order valence-corrected chi connectivity index (χ4v) is 0.975. The largest absolute Gasteiger partial charge is 0.447 e. The Morgan fingerprint density at radius 1 is 1.43 bits per heavy atom. The van der Waals surface area contributed by atoms with E-state index in [1.165, 1.54) is 0 Å². The highest BCUT2D eigenvalue weighted by Gasteiger charge is 2.08. The van der Waals surface area contributed by atoms with Gasteiger partial charge in [-0.05, 0) is 17.7 Å². The fourth-order valence-electron chi connectivity index (χ4n) is 0.975. The second kappa shape index (κ2) is 4.48. The molecular formula is C9H12N2O3. The number of anilines is 1. The normalized spacial score (nSPS) is 12.1. The molecule has 0 aliphatic heterocycles. The van der Waals surface area contributed by atoms with E-state index >= 15 is 0 Å². The quantitative estimate of drug-likeness (QED) is 0.609. The Labute approximate surface area is 81.3 Å². The van der Waals surface area contributed by atoms with Gasteiger partial charge in [0, 0.05) is 5.69 Å². The molecule has 14 heavy (non-hydrogen) atoms. The molecule has 0 aliphatic carbocycles. The van der Waals surface area contributed by atoms with Crippen molar-refractivity contribution in [1.29, 1.82) is 0 Å². The van der Waals surface area contributed by atoms with Gasteiger partial charge in [-0.2, -0.15) is 0 Å². The fraction of sp³-hybridized carbons (Fsp3) is 0.222. The van der Waals surface area contributed by atoms with Gasteiger partial charge in [0.15, 0.2) is 0 Å². The molecule has 1 atom stereocenters. The standard InChI is InChI=1S/C9H12N2O3/c10-7-3-1-6(2-4-7)8(12)5-14-9(11)13/h1-4,8,12H,5,10H2,(H2,11,13). The summed E-state index contributed by atoms with van der Waals surface area (Å²) in [6.45, 7) is -0.154. The highest BCUT2D eigenvalue weighted by molar-refractivity contribution is 5.64. The van der Waals surface area contributed by atoms with Crippen molar-refractivity contribution in [1.82, 2.24) is 0 Å². The number of nitrogens with two attached hydrogens (primary N) is 2. The first-order chi connectivity index (χ1) is 6.59. The van der Waals surface area contributed by atoms with Crippen LogP contribution in [0.1, 0.15) is 11.7 Å². The van der Waals surface area contributed by atoms with Gasteiger partial charge in [-0.25, -0.2) is 4.79 Å². The molecule has 0 radical (unpaired) electrons. The smallest absolute Gasteiger partial charge is 0.404 e. The first kappa shape index (κ1) is 10.3. The molecule has 1 amide bonds. The topological polar surface area (TPSA) is 98.6 Å². The van der Waals surface area contributed by atoms with Crippen molar-refractivity contribution in [3.8, 4) is 0 Å². The number of nitrogen functional groups attached to an aromatic ring is 1. The molecule has 76 valence electrons. The maximum absolute atomic E-state index is 10.3. The lowest BCUT2D eigenvalue weighted by atomic mass is 10.1. The SMILES string of the molecule is NC(=O)OCC(O)c1ccc(N)cc1. The monoisotopic (exact) mass is 196 g/mol. The van der Waals surface area contributed by atoms with Gasteiger partial charge >= 0.3 is 6.09 Å². The predicted octanol–water partition coefficient (Wildman–Crippen LogP) is 0.397. The molecule has 1 aromatic rings. The summed E-state index contributed by atoms with van der Waals surface area (Å²) in [6.07, 6.45) is -1.78. The van der Waals surface area contributed by atoms with Gasteiger partial charge in [-0.15, -0.1) is 0 Å². The molecule has 5 nitrogen and oxygen atoms in total. The summed E-state index contributed by atoms with van der Waals surface area (Å²) in [6, 6.07) is 6.63. The Morgan fingerprint density at radius 2 is 2.00 bits per heavy atom. The van der Waals surface area contributed by atoms with Crippen molar-refractivity contribution in [2.45, 2.75) is 6.10 Å². The molecule has 0 heterocycles. The zero-order chi connectivity index (χ0) is 10.6. The molecule has 0 bridgehead atoms. The lowest BCUT2D eigenvalue weighted by molar-refractivity contribution is 0.0729. The highest BCUT2D eigenvalue weighted by Crippen LogP contribution is 2.14. The van der Waals surface area contributed by atoms with Gasteiger partial charge in [0.05, 0.1) is 0 Å². The van der Waals surface area contributed by atoms with Gasteiger partial charge < -0.3 is 21.3 Å². The van der Waals surface area contributed by atoms with E-state index in [4.69, 9.17) is 11.5 Å². The average molecular weight is 196 g/mol. The van der Waals surface area contributed by atoms with Crippen LogP contribution >= 0.6 is 0 Å². The minimum absolute atomic E-state index is 0.154. The number of carbonyl (C=O) groups excluding carboxylic acids is 1. The summed E-state index contributed by atoms with van der Waals surface area (Å²) >= 11 is 0. The van der Waals surface area contributed by atoms with E-state index in [1.807, 2.05) is 0 Å². The lowest BCUT2D eigenvalue weighted by Gasteiger charge is -2.10. The van der Waals surface area contributed by atoms with Crippen molar-refractivity contribution in [2.24, 2.45) is 5.73 Å². The van der Waals surface area contributed by atoms with Crippen LogP contribution in [0.4, 0.5) is 10.5 Å². The zero-order valence-corrected chi connectivity index (χ0v) is 7.51. The summed E-state index contributed by atoms with van der Waals surface area (Å²) in [7, 11) is 0. The Kier molecular flexibility index (Phi) is 3.30. The van der Waals surface area contributed by atoms with E-state index in [2.05, 4.69) is 4.74 Å². The molecule has 1 aromatic carbocycles. The van der Waals surface area contributed by atoms with Crippen LogP contribution in [0, 0.1) is 0 Å². The number of aliphatic hydroxyl groups excluding tert-OH is 1. The third kappa shape index (κ3) is 2.95. The molecule has 0 aliphatic rings. The Hall–Kier alpha value is -1.75. The van der Waals surface area contributed by atoms with E-state index in [0.29, 0.717) is 11.3 Å². The molecule has 5 N–H and O–H groups in total. The first-order valence-electron chi connectivity index (χ1n) is 4.05. The van der Waals surface area contributed by atoms with Crippen LogP contribution in [-0.2, 0) is 4.74 Å². The summed E-state index contributed by atoms with van der Waals surface area (Å²) in [5.41, 5.74) is 11.4. The number of carbonyl (C=O) groups is 1. The average Bonchev–Trinajstić information content (AvgIpc) is 2.15. The Morgan fingerprint density at radius 3 is 2.50 bits per heavy atom. The third-order valence-electron chi connectivity index (χ3n) is 1.70. The summed E-state index contributed by atoms with van der Waals surface area (Å²) in [5, 5.41) is 9.49. The zero-order valence-electron chi connectivity index (χ0n) is 7.51. The number of rotatable bonds is 3. The number of benzene rings is 1. The van der Waals surface area contributed by atoms with Gasteiger partial charge in [0.2, 0.25) is 0 Å². The third-order valence-corrected chi connectivity index (χ3v) is 1.70. The molecule has 0 saturated heterocycles. The van der Waals surface area contributed by atoms with Gasteiger partial charge in [0.1, 0.15) is 12.7 Å². The minimum Gasteiger partial charge on any atom is -0.447 e. The number of aliphatic hydroxyl groups is 1. The molecule has 0 spiro atoms. The highest BCUT2D eigenvalue weighted by atomic mass is 16.6. The van der Waals surface area contributed by atoms with Gasteiger partial charge in [-0.1, -0.05) is 12.1 Å². The van der Waals surface area contributed by atoms with Crippen molar-refractivity contribution < 1.29 is 14.6 Å². The molecule has 5 heteroatoms. The molecule has 0 fully saturated rings. The number of primary amides is 1. The van der Waals surface area contributed by atoms with Crippen LogP contribution < -0.4 is 11.5 Å². The lowest BCUT2D eigenvalue weighted by Crippen LogP contribution is -2.17. The first-order valence-corrected chi connectivity index (χ1v) is 4.05. The summed E-state index contributed by atoms with van der Waals surface area (Å²) < 4.78 is 4.45. The van der Waals surface area contributed by atoms with Crippen molar-refractivity contribution in [3.05, 3.63) is 29.8 Å². The minimum atomic E-state index is -0.903. The van der Waals surface area contributed by atoms with E-state index in [0.717, 1.165) is 0 Å². The van der Waals surface area contributed by atoms with Crippen LogP contribution in [0.15, 0.2) is 24.3 Å². The Bertz CT molecular complexity index is 310. The van der Waals surface area contributed by atoms with E-state index < -0.39 is 12.2 Å². The van der Waals surface area contributed by atoms with Gasteiger partial charge in [0.25, 0.3) is 0 Å². The summed E-state index contributed by atoms with van der Waals surface area (Å²) in [4.78, 5) is 10.3. The molecule has 0 saturated carbocycles. The molecule has 1 unspecified atom stereocenters. The predicted molar refractivity (Wildman–Crippen MR) is 51.3 cm³/mol. The number of amides is 1. The van der Waals surface area contributed by atoms with E-state index in [9.17, 15) is 9.90 Å². The maximum Gasteiger partial charge on any atom is 0.404 e. The molecular weight excluding hydrogens is 184 g/mol. The van der Waals surface area contributed by atoms with Crippen molar-refractivity contribution >= 4 is 11.8 Å². The van der Waals surface area contributed by atoms with E-state index in [1.54, 1.807) is 24.3 Å². The van der Waals surface area contributed by atoms with Crippen LogP contribution in [0.3, 0.4) is 0 Å². The van der Waals surface area contributed by atoms with Crippen LogP contribution in [-0.4, -0.2) is 17.8 Å². The molecule has 1 rings (SSSR count). The number of hydrogen-bond acceptors (Lipinski definition) is 4. The van der Waals surface area contributed by atoms with Crippen molar-refractivity contribution in [2.75, 3.05) is 12.3 Å². The Balaban J connectivity index is 2.56. The second-order valence-electron chi connectivity index (χ2n) is 2.81. The van der Waals surface area contributed by atoms with Crippen LogP contribution in [0.25, 0.3) is 0 Å². The van der Waals surface area contributed by atoms with Crippen molar-refractivity contribution in [3.63, 3.8) is 0 Å². The maximum atomic E-state index is 10.3. The van der Waals surface area contributed by atoms with Gasteiger partial charge in [-0.3, -0.25) is 0 Å².